The van der Waals surface area contributed by atoms with Crippen LogP contribution in [0.1, 0.15) is 35.7 Å². The van der Waals surface area contributed by atoms with Crippen LogP contribution in [0, 0.1) is 0 Å². The minimum absolute atomic E-state index is 0.0364. The van der Waals surface area contributed by atoms with Crippen LogP contribution in [0.3, 0.4) is 0 Å². The normalized spacial score (nSPS) is 11.9. The van der Waals surface area contributed by atoms with Crippen molar-refractivity contribution in [1.29, 1.82) is 0 Å². The highest BCUT2D eigenvalue weighted by molar-refractivity contribution is 5.93. The zero-order valence-electron chi connectivity index (χ0n) is 12.4. The molecule has 0 spiro atoms. The van der Waals surface area contributed by atoms with Crippen LogP contribution in [0.15, 0.2) is 42.7 Å². The Morgan fingerprint density at radius 1 is 1.32 bits per heavy atom. The minimum atomic E-state index is -0.864. The maximum Gasteiger partial charge on any atom is 0.303 e. The van der Waals surface area contributed by atoms with E-state index in [9.17, 15) is 9.59 Å². The van der Waals surface area contributed by atoms with Gasteiger partial charge in [0.15, 0.2) is 0 Å². The lowest BCUT2D eigenvalue weighted by Gasteiger charge is -2.11. The fourth-order valence-corrected chi connectivity index (χ4v) is 2.06. The molecule has 0 aliphatic carbocycles. The summed E-state index contributed by atoms with van der Waals surface area (Å²) in [5, 5.41) is 15.6. The summed E-state index contributed by atoms with van der Waals surface area (Å²) in [4.78, 5) is 22.6. The van der Waals surface area contributed by atoms with Crippen LogP contribution in [0.5, 0.6) is 0 Å². The van der Waals surface area contributed by atoms with E-state index < -0.39 is 5.97 Å². The van der Waals surface area contributed by atoms with Crippen molar-refractivity contribution in [2.75, 3.05) is 0 Å². The van der Waals surface area contributed by atoms with E-state index in [-0.39, 0.29) is 18.4 Å². The molecule has 1 aromatic carbocycles. The molecule has 2 rings (SSSR count). The lowest BCUT2D eigenvalue weighted by molar-refractivity contribution is -0.137. The van der Waals surface area contributed by atoms with E-state index in [1.165, 1.54) is 6.20 Å². The van der Waals surface area contributed by atoms with Gasteiger partial charge in [-0.15, -0.1) is 0 Å². The fraction of sp³-hybridized carbons (Fsp3) is 0.312. The topological polar surface area (TPSA) is 84.2 Å². The highest BCUT2D eigenvalue weighted by Crippen LogP contribution is 2.05. The molecule has 1 atom stereocenters. The second kappa shape index (κ2) is 7.40. The van der Waals surface area contributed by atoms with Gasteiger partial charge in [0.2, 0.25) is 0 Å². The van der Waals surface area contributed by atoms with Crippen LogP contribution in [0.2, 0.25) is 0 Å². The lowest BCUT2D eigenvalue weighted by Crippen LogP contribution is -2.32. The summed E-state index contributed by atoms with van der Waals surface area (Å²) < 4.78 is 1.70. The quantitative estimate of drug-likeness (QED) is 0.818. The summed E-state index contributed by atoms with van der Waals surface area (Å²) in [6.45, 7) is 2.39. The third kappa shape index (κ3) is 4.73. The molecule has 0 bridgehead atoms. The first-order chi connectivity index (χ1) is 10.5. The van der Waals surface area contributed by atoms with Crippen LogP contribution in [0.25, 0.3) is 0 Å². The molecule has 6 heteroatoms. The molecule has 0 aliphatic heterocycles. The van der Waals surface area contributed by atoms with Gasteiger partial charge in [0.05, 0.1) is 18.3 Å². The number of rotatable bonds is 7. The summed E-state index contributed by atoms with van der Waals surface area (Å²) in [6.07, 6.45) is 3.64. The Morgan fingerprint density at radius 3 is 2.73 bits per heavy atom. The number of aromatic nitrogens is 2. The molecule has 116 valence electrons. The van der Waals surface area contributed by atoms with E-state index in [1.807, 2.05) is 30.3 Å². The van der Waals surface area contributed by atoms with Crippen LogP contribution in [-0.2, 0) is 11.3 Å². The molecule has 0 fully saturated rings. The monoisotopic (exact) mass is 301 g/mol. The van der Waals surface area contributed by atoms with E-state index in [4.69, 9.17) is 5.11 Å². The Kier molecular flexibility index (Phi) is 5.30. The Balaban J connectivity index is 1.90. The first-order valence-corrected chi connectivity index (χ1v) is 7.13. The van der Waals surface area contributed by atoms with Crippen molar-refractivity contribution in [3.05, 3.63) is 53.9 Å². The first-order valence-electron chi connectivity index (χ1n) is 7.13. The Labute approximate surface area is 128 Å². The first kappa shape index (κ1) is 15.8. The number of aliphatic carboxylic acids is 1. The van der Waals surface area contributed by atoms with E-state index in [2.05, 4.69) is 10.4 Å². The molecule has 22 heavy (non-hydrogen) atoms. The fourth-order valence-electron chi connectivity index (χ4n) is 2.06. The molecule has 2 aromatic rings. The Bertz CT molecular complexity index is 637. The second-order valence-corrected chi connectivity index (χ2v) is 5.22. The van der Waals surface area contributed by atoms with Crippen LogP contribution in [0.4, 0.5) is 0 Å². The van der Waals surface area contributed by atoms with Crippen molar-refractivity contribution < 1.29 is 14.7 Å². The number of nitrogens with one attached hydrogen (secondary N) is 1. The van der Waals surface area contributed by atoms with Crippen molar-refractivity contribution in [2.45, 2.75) is 32.4 Å². The van der Waals surface area contributed by atoms with Gasteiger partial charge in [-0.3, -0.25) is 14.3 Å². The summed E-state index contributed by atoms with van der Waals surface area (Å²) in [5.74, 6) is -1.10. The zero-order chi connectivity index (χ0) is 15.9. The average Bonchev–Trinajstić information content (AvgIpc) is 2.95. The number of hydrogen-bond acceptors (Lipinski definition) is 3. The van der Waals surface area contributed by atoms with Gasteiger partial charge in [0, 0.05) is 18.7 Å². The summed E-state index contributed by atoms with van der Waals surface area (Å²) in [6, 6.07) is 9.66. The smallest absolute Gasteiger partial charge is 0.303 e. The largest absolute Gasteiger partial charge is 0.481 e. The van der Waals surface area contributed by atoms with Gasteiger partial charge in [-0.2, -0.15) is 5.10 Å². The molecule has 0 radical (unpaired) electrons. The van der Waals surface area contributed by atoms with Gasteiger partial charge >= 0.3 is 5.97 Å². The number of carboxylic acid groups (broad SMARTS) is 1. The number of carboxylic acids is 1. The zero-order valence-corrected chi connectivity index (χ0v) is 12.4. The number of benzene rings is 1. The molecule has 6 nitrogen and oxygen atoms in total. The van der Waals surface area contributed by atoms with Crippen molar-refractivity contribution >= 4 is 11.9 Å². The van der Waals surface area contributed by atoms with Gasteiger partial charge in [-0.25, -0.2) is 0 Å². The highest BCUT2D eigenvalue weighted by atomic mass is 16.4. The van der Waals surface area contributed by atoms with Crippen LogP contribution >= 0.6 is 0 Å². The second-order valence-electron chi connectivity index (χ2n) is 5.22. The predicted octanol–water partition coefficient (Wildman–Crippen LogP) is 1.91. The average molecular weight is 301 g/mol. The van der Waals surface area contributed by atoms with Crippen molar-refractivity contribution in [3.8, 4) is 0 Å². The standard InChI is InChI=1S/C16H19N3O3/c1-12(7-8-15(20)21)18-16(22)14-9-17-19(11-14)10-13-5-3-2-4-6-13/h2-6,9,11-12H,7-8,10H2,1H3,(H,18,22)(H,20,21)/t12-/m1/s1. The van der Waals surface area contributed by atoms with Crippen LogP contribution in [-0.4, -0.2) is 32.8 Å². The number of carbonyl (C=O) groups is 2. The van der Waals surface area contributed by atoms with Gasteiger partial charge in [-0.1, -0.05) is 30.3 Å². The third-order valence-electron chi connectivity index (χ3n) is 3.25. The SMILES string of the molecule is C[C@H](CCC(=O)O)NC(=O)c1cnn(Cc2ccccc2)c1. The molecule has 2 N–H and O–H groups in total. The van der Waals surface area contributed by atoms with Gasteiger partial charge < -0.3 is 10.4 Å². The van der Waals surface area contributed by atoms with Crippen molar-refractivity contribution in [1.82, 2.24) is 15.1 Å². The molecule has 0 unspecified atom stereocenters. The van der Waals surface area contributed by atoms with Gasteiger partial charge in [0.25, 0.3) is 5.91 Å². The molecule has 0 aliphatic rings. The van der Waals surface area contributed by atoms with Crippen molar-refractivity contribution in [2.24, 2.45) is 0 Å². The number of amides is 1. The third-order valence-corrected chi connectivity index (χ3v) is 3.25. The molecule has 1 heterocycles. The van der Waals surface area contributed by atoms with Crippen molar-refractivity contribution in [3.63, 3.8) is 0 Å². The van der Waals surface area contributed by atoms with Gasteiger partial charge in [0.1, 0.15) is 0 Å². The molecule has 0 saturated heterocycles. The maximum absolute atomic E-state index is 12.1. The number of carbonyl (C=O) groups excluding carboxylic acids is 1. The molecular formula is C16H19N3O3. The summed E-state index contributed by atoms with van der Waals surface area (Å²) in [7, 11) is 0. The lowest BCUT2D eigenvalue weighted by atomic mass is 10.2. The molecular weight excluding hydrogens is 282 g/mol. The van der Waals surface area contributed by atoms with E-state index in [1.54, 1.807) is 17.8 Å². The predicted molar refractivity (Wildman–Crippen MR) is 81.6 cm³/mol. The van der Waals surface area contributed by atoms with E-state index in [0.717, 1.165) is 5.56 Å². The summed E-state index contributed by atoms with van der Waals surface area (Å²) in [5.41, 5.74) is 1.57. The van der Waals surface area contributed by atoms with Gasteiger partial charge in [-0.05, 0) is 18.9 Å². The maximum atomic E-state index is 12.1. The van der Waals surface area contributed by atoms with E-state index in [0.29, 0.717) is 18.5 Å². The molecule has 0 saturated carbocycles. The molecule has 1 amide bonds. The number of hydrogen-bond donors (Lipinski definition) is 2. The highest BCUT2D eigenvalue weighted by Gasteiger charge is 2.13. The molecule has 1 aromatic heterocycles. The Morgan fingerprint density at radius 2 is 2.05 bits per heavy atom. The van der Waals surface area contributed by atoms with E-state index >= 15 is 0 Å². The van der Waals surface area contributed by atoms with Crippen LogP contribution < -0.4 is 5.32 Å². The number of nitrogens with zero attached hydrogens (tertiary/aromatic N) is 2. The minimum Gasteiger partial charge on any atom is -0.481 e. The Hall–Kier alpha value is -2.63. The summed E-state index contributed by atoms with van der Waals surface area (Å²) >= 11 is 0.